The van der Waals surface area contributed by atoms with E-state index >= 15 is 0 Å². The summed E-state index contributed by atoms with van der Waals surface area (Å²) in [6, 6.07) is 10.6. The quantitative estimate of drug-likeness (QED) is 0.614. The summed E-state index contributed by atoms with van der Waals surface area (Å²) in [7, 11) is 1.22. The van der Waals surface area contributed by atoms with Crippen molar-refractivity contribution < 1.29 is 19.1 Å². The number of allylic oxidation sites excluding steroid dienone is 1. The first-order valence-electron chi connectivity index (χ1n) is 8.25. The highest BCUT2D eigenvalue weighted by Crippen LogP contribution is 2.40. The van der Waals surface area contributed by atoms with Gasteiger partial charge < -0.3 is 19.6 Å². The molecule has 8 heteroatoms. The first kappa shape index (κ1) is 17.8. The van der Waals surface area contributed by atoms with Gasteiger partial charge in [-0.3, -0.25) is 0 Å². The number of benzene rings is 1. The van der Waals surface area contributed by atoms with Gasteiger partial charge >= 0.3 is 5.97 Å². The number of esters is 1. The number of aromatic nitrogens is 1. The number of methoxy groups -OCH3 is 1. The van der Waals surface area contributed by atoms with Crippen LogP contribution in [0.3, 0.4) is 0 Å². The van der Waals surface area contributed by atoms with E-state index in [0.29, 0.717) is 22.1 Å². The minimum Gasteiger partial charge on any atom is -0.504 e. The Kier molecular flexibility index (Phi) is 4.58. The summed E-state index contributed by atoms with van der Waals surface area (Å²) in [6.07, 6.45) is 4.83. The molecule has 0 spiro atoms. The van der Waals surface area contributed by atoms with Crippen LogP contribution in [0.4, 0.5) is 17.4 Å². The maximum atomic E-state index is 12.2. The van der Waals surface area contributed by atoms with Gasteiger partial charge in [0.2, 0.25) is 5.88 Å². The van der Waals surface area contributed by atoms with Crippen molar-refractivity contribution in [2.45, 2.75) is 0 Å². The molecule has 3 aromatic rings. The number of hydrogen-bond acceptors (Lipinski definition) is 7. The number of furan rings is 1. The van der Waals surface area contributed by atoms with Crippen LogP contribution in [-0.4, -0.2) is 29.4 Å². The largest absolute Gasteiger partial charge is 0.504 e. The standard InChI is InChI=1S/C20H14ClN3O4/c1-27-20(26)16-17(25)15(9-11-10-23-18-12(11)5-4-8-22-18)28-19(16)24-14-7-3-2-6-13(14)21/h2-10,24-25H,1H3. The maximum absolute atomic E-state index is 12.2. The average Bonchev–Trinajstić information content (AvgIpc) is 3.25. The zero-order valence-electron chi connectivity index (χ0n) is 14.6. The van der Waals surface area contributed by atoms with E-state index in [4.69, 9.17) is 20.8 Å². The summed E-state index contributed by atoms with van der Waals surface area (Å²) in [6.45, 7) is 0. The number of nitrogens with one attached hydrogen (secondary N) is 1. The van der Waals surface area contributed by atoms with Gasteiger partial charge in [0.05, 0.1) is 17.8 Å². The number of fused-ring (bicyclic) bond motifs is 1. The number of nitrogens with zero attached hydrogens (tertiary/aromatic N) is 2. The number of aliphatic imine (C=N–C) groups is 1. The Labute approximate surface area is 165 Å². The van der Waals surface area contributed by atoms with E-state index < -0.39 is 5.97 Å². The molecule has 0 unspecified atom stereocenters. The average molecular weight is 396 g/mol. The van der Waals surface area contributed by atoms with E-state index in [-0.39, 0.29) is 23.0 Å². The summed E-state index contributed by atoms with van der Waals surface area (Å²) in [5.74, 6) is -0.427. The summed E-state index contributed by atoms with van der Waals surface area (Å²) in [5.41, 5.74) is 1.86. The molecular weight excluding hydrogens is 382 g/mol. The van der Waals surface area contributed by atoms with Gasteiger partial charge in [-0.1, -0.05) is 23.7 Å². The molecule has 2 N–H and O–H groups in total. The van der Waals surface area contributed by atoms with Gasteiger partial charge in [0.15, 0.2) is 22.9 Å². The third-order valence-corrected chi connectivity index (χ3v) is 4.46. The Morgan fingerprint density at radius 3 is 2.89 bits per heavy atom. The Bertz CT molecular complexity index is 1130. The molecule has 0 aliphatic carbocycles. The number of rotatable bonds is 4. The number of anilines is 2. The van der Waals surface area contributed by atoms with Gasteiger partial charge in [-0.15, -0.1) is 0 Å². The SMILES string of the molecule is COC(=O)c1c(Nc2ccccc2Cl)oc(C=C2C=Nc3ncccc32)c1O. The second-order valence-corrected chi connectivity index (χ2v) is 6.26. The number of hydrogen-bond donors (Lipinski definition) is 2. The molecule has 0 saturated heterocycles. The zero-order valence-corrected chi connectivity index (χ0v) is 15.4. The van der Waals surface area contributed by atoms with Crippen molar-refractivity contribution in [3.8, 4) is 5.75 Å². The van der Waals surface area contributed by atoms with Crippen LogP contribution in [-0.2, 0) is 4.74 Å². The van der Waals surface area contributed by atoms with Gasteiger partial charge in [0.25, 0.3) is 0 Å². The smallest absolute Gasteiger partial charge is 0.347 e. The van der Waals surface area contributed by atoms with Crippen LogP contribution in [0.2, 0.25) is 5.02 Å². The maximum Gasteiger partial charge on any atom is 0.347 e. The predicted octanol–water partition coefficient (Wildman–Crippen LogP) is 4.82. The lowest BCUT2D eigenvalue weighted by Gasteiger charge is -2.06. The van der Waals surface area contributed by atoms with E-state index in [1.54, 1.807) is 48.8 Å². The summed E-state index contributed by atoms with van der Waals surface area (Å²) < 4.78 is 10.5. The molecule has 0 fully saturated rings. The molecule has 28 heavy (non-hydrogen) atoms. The third kappa shape index (κ3) is 3.12. The summed E-state index contributed by atoms with van der Waals surface area (Å²) >= 11 is 6.16. The molecule has 0 radical (unpaired) electrons. The molecule has 1 aliphatic rings. The van der Waals surface area contributed by atoms with E-state index in [1.807, 2.05) is 6.07 Å². The van der Waals surface area contributed by atoms with Crippen LogP contribution in [0, 0.1) is 0 Å². The highest BCUT2D eigenvalue weighted by molar-refractivity contribution is 6.33. The number of pyridine rings is 1. The van der Waals surface area contributed by atoms with Crippen LogP contribution >= 0.6 is 11.6 Å². The predicted molar refractivity (Wildman–Crippen MR) is 107 cm³/mol. The summed E-state index contributed by atoms with van der Waals surface area (Å²) in [4.78, 5) is 20.6. The van der Waals surface area contributed by atoms with Gasteiger partial charge in [-0.2, -0.15) is 0 Å². The van der Waals surface area contributed by atoms with Crippen molar-refractivity contribution >= 4 is 52.8 Å². The van der Waals surface area contributed by atoms with Crippen molar-refractivity contribution in [3.63, 3.8) is 0 Å². The first-order valence-corrected chi connectivity index (χ1v) is 8.63. The number of ether oxygens (including phenoxy) is 1. The van der Waals surface area contributed by atoms with Crippen LogP contribution in [0.25, 0.3) is 11.6 Å². The summed E-state index contributed by atoms with van der Waals surface area (Å²) in [5, 5.41) is 13.9. The number of carbonyl (C=O) groups excluding carboxylic acids is 1. The second-order valence-electron chi connectivity index (χ2n) is 5.85. The minimum absolute atomic E-state index is 0.0191. The molecule has 0 bridgehead atoms. The van der Waals surface area contributed by atoms with E-state index in [9.17, 15) is 9.90 Å². The fourth-order valence-corrected chi connectivity index (χ4v) is 2.97. The Hall–Kier alpha value is -3.58. The van der Waals surface area contributed by atoms with Crippen molar-refractivity contribution in [2.24, 2.45) is 4.99 Å². The fourth-order valence-electron chi connectivity index (χ4n) is 2.78. The van der Waals surface area contributed by atoms with E-state index in [2.05, 4.69) is 15.3 Å². The third-order valence-electron chi connectivity index (χ3n) is 4.13. The molecule has 0 amide bonds. The second kappa shape index (κ2) is 7.21. The van der Waals surface area contributed by atoms with E-state index in [1.165, 1.54) is 7.11 Å². The number of carbonyl (C=O) groups is 1. The molecule has 140 valence electrons. The molecule has 1 aromatic carbocycles. The Morgan fingerprint density at radius 1 is 1.29 bits per heavy atom. The normalized spacial score (nSPS) is 13.6. The van der Waals surface area contributed by atoms with Gasteiger partial charge in [-0.25, -0.2) is 14.8 Å². The van der Waals surface area contributed by atoms with Gasteiger partial charge in [-0.05, 0) is 30.3 Å². The van der Waals surface area contributed by atoms with Crippen molar-refractivity contribution in [3.05, 3.63) is 64.5 Å². The van der Waals surface area contributed by atoms with Crippen molar-refractivity contribution in [2.75, 3.05) is 12.4 Å². The molecule has 4 rings (SSSR count). The van der Waals surface area contributed by atoms with Crippen molar-refractivity contribution in [1.82, 2.24) is 4.98 Å². The Balaban J connectivity index is 1.79. The van der Waals surface area contributed by atoms with Crippen LogP contribution in [0.15, 0.2) is 52.0 Å². The highest BCUT2D eigenvalue weighted by Gasteiger charge is 2.27. The molecular formula is C20H14ClN3O4. The van der Waals surface area contributed by atoms with Crippen LogP contribution in [0.5, 0.6) is 5.75 Å². The lowest BCUT2D eigenvalue weighted by molar-refractivity contribution is 0.0598. The first-order chi connectivity index (χ1) is 13.6. The lowest BCUT2D eigenvalue weighted by Crippen LogP contribution is -2.03. The number of aromatic hydroxyl groups is 1. The molecule has 3 heterocycles. The van der Waals surface area contributed by atoms with Crippen LogP contribution < -0.4 is 5.32 Å². The van der Waals surface area contributed by atoms with E-state index in [0.717, 1.165) is 5.56 Å². The van der Waals surface area contributed by atoms with Gasteiger partial charge in [0.1, 0.15) is 0 Å². The number of para-hydroxylation sites is 1. The minimum atomic E-state index is -0.748. The molecule has 0 saturated carbocycles. The zero-order chi connectivity index (χ0) is 19.7. The molecule has 1 aliphatic heterocycles. The molecule has 7 nitrogen and oxygen atoms in total. The highest BCUT2D eigenvalue weighted by atomic mass is 35.5. The van der Waals surface area contributed by atoms with Crippen molar-refractivity contribution in [1.29, 1.82) is 0 Å². The van der Waals surface area contributed by atoms with Crippen LogP contribution in [0.1, 0.15) is 21.7 Å². The molecule has 2 aromatic heterocycles. The lowest BCUT2D eigenvalue weighted by atomic mass is 10.1. The monoisotopic (exact) mass is 395 g/mol. The van der Waals surface area contributed by atoms with Gasteiger partial charge in [0, 0.05) is 23.5 Å². The number of halogens is 1. The topological polar surface area (TPSA) is 97.0 Å². The molecule has 0 atom stereocenters. The Morgan fingerprint density at radius 2 is 2.11 bits per heavy atom. The fraction of sp³-hybridized carbons (Fsp3) is 0.0500.